The van der Waals surface area contributed by atoms with E-state index in [-0.39, 0.29) is 17.7 Å². The number of nitrogens with zero attached hydrogens (tertiary/aromatic N) is 1. The van der Waals surface area contributed by atoms with E-state index in [9.17, 15) is 19.7 Å². The number of nitrogens with one attached hydrogen (secondary N) is 1. The molecule has 0 unspecified atom stereocenters. The highest BCUT2D eigenvalue weighted by atomic mass is 16.6. The number of hydrogen-bond donors (Lipinski definition) is 3. The molecule has 1 aromatic rings. The summed E-state index contributed by atoms with van der Waals surface area (Å²) in [5, 5.41) is 31.2. The van der Waals surface area contributed by atoms with Crippen LogP contribution in [0, 0.1) is 10.1 Å². The molecule has 0 aliphatic rings. The highest BCUT2D eigenvalue weighted by Crippen LogP contribution is 2.18. The zero-order valence-electron chi connectivity index (χ0n) is 11.6. The summed E-state index contributed by atoms with van der Waals surface area (Å²) in [6, 6.07) is 2.97. The topological polar surface area (TPSA) is 130 Å². The van der Waals surface area contributed by atoms with Gasteiger partial charge in [-0.3, -0.25) is 14.9 Å². The van der Waals surface area contributed by atoms with E-state index in [2.05, 4.69) is 5.32 Å². The molecule has 21 heavy (non-hydrogen) atoms. The molecule has 1 aromatic carbocycles. The first-order chi connectivity index (χ1) is 9.66. The Morgan fingerprint density at radius 3 is 2.33 bits per heavy atom. The number of nitro groups is 1. The van der Waals surface area contributed by atoms with Gasteiger partial charge in [-0.05, 0) is 26.3 Å². The largest absolute Gasteiger partial charge is 0.478 e. The molecule has 114 valence electrons. The lowest BCUT2D eigenvalue weighted by molar-refractivity contribution is -0.384. The quantitative estimate of drug-likeness (QED) is 0.534. The van der Waals surface area contributed by atoms with E-state index in [0.29, 0.717) is 6.42 Å². The van der Waals surface area contributed by atoms with Gasteiger partial charge in [0.1, 0.15) is 0 Å². The molecule has 8 nitrogen and oxygen atoms in total. The number of carboxylic acids is 1. The van der Waals surface area contributed by atoms with Crippen molar-refractivity contribution in [1.29, 1.82) is 0 Å². The Hall–Kier alpha value is -2.48. The van der Waals surface area contributed by atoms with Gasteiger partial charge >= 0.3 is 5.97 Å². The highest BCUT2D eigenvalue weighted by molar-refractivity contribution is 5.98. The van der Waals surface area contributed by atoms with Crippen LogP contribution in [0.3, 0.4) is 0 Å². The second-order valence-corrected chi connectivity index (χ2v) is 5.14. The Balaban J connectivity index is 3.14. The van der Waals surface area contributed by atoms with E-state index < -0.39 is 28.0 Å². The van der Waals surface area contributed by atoms with Crippen molar-refractivity contribution < 1.29 is 24.7 Å². The molecule has 0 atom stereocenters. The van der Waals surface area contributed by atoms with Crippen LogP contribution in [0.2, 0.25) is 0 Å². The van der Waals surface area contributed by atoms with Crippen LogP contribution >= 0.6 is 0 Å². The maximum atomic E-state index is 12.1. The minimum Gasteiger partial charge on any atom is -0.478 e. The summed E-state index contributed by atoms with van der Waals surface area (Å²) in [5.74, 6) is -2.00. The van der Waals surface area contributed by atoms with E-state index in [1.54, 1.807) is 13.8 Å². The van der Waals surface area contributed by atoms with Crippen molar-refractivity contribution in [3.05, 3.63) is 39.4 Å². The number of benzene rings is 1. The maximum absolute atomic E-state index is 12.1. The highest BCUT2D eigenvalue weighted by Gasteiger charge is 2.23. The molecule has 0 heterocycles. The fourth-order valence-corrected chi connectivity index (χ4v) is 1.69. The molecule has 0 aliphatic carbocycles. The lowest BCUT2D eigenvalue weighted by Gasteiger charge is -2.25. The molecule has 1 rings (SSSR count). The SMILES string of the molecule is CC(C)(CCO)NC(=O)c1cc(C(=O)O)cc([N+](=O)[O-])c1. The third kappa shape index (κ3) is 4.53. The average molecular weight is 296 g/mol. The van der Waals surface area contributed by atoms with Crippen LogP contribution in [0.1, 0.15) is 41.0 Å². The minimum atomic E-state index is -1.36. The van der Waals surface area contributed by atoms with Crippen LogP contribution in [0.15, 0.2) is 18.2 Å². The lowest BCUT2D eigenvalue weighted by Crippen LogP contribution is -2.44. The molecular weight excluding hydrogens is 280 g/mol. The summed E-state index contributed by atoms with van der Waals surface area (Å²) >= 11 is 0. The zero-order valence-corrected chi connectivity index (χ0v) is 11.6. The van der Waals surface area contributed by atoms with Crippen LogP contribution in [0.4, 0.5) is 5.69 Å². The van der Waals surface area contributed by atoms with Gasteiger partial charge < -0.3 is 15.5 Å². The monoisotopic (exact) mass is 296 g/mol. The van der Waals surface area contributed by atoms with Crippen molar-refractivity contribution in [3.63, 3.8) is 0 Å². The Bertz CT molecular complexity index is 550. The smallest absolute Gasteiger partial charge is 0.335 e. The van der Waals surface area contributed by atoms with E-state index in [1.165, 1.54) is 0 Å². The first-order valence-corrected chi connectivity index (χ1v) is 6.12. The molecule has 0 saturated carbocycles. The number of rotatable bonds is 6. The van der Waals surface area contributed by atoms with Crippen molar-refractivity contribution in [2.75, 3.05) is 6.61 Å². The number of carbonyl (C=O) groups is 2. The summed E-state index contributed by atoms with van der Waals surface area (Å²) in [4.78, 5) is 33.1. The van der Waals surface area contributed by atoms with Gasteiger partial charge in [0, 0.05) is 29.8 Å². The second-order valence-electron chi connectivity index (χ2n) is 5.14. The molecule has 3 N–H and O–H groups in total. The number of amides is 1. The molecule has 0 aromatic heterocycles. The zero-order chi connectivity index (χ0) is 16.2. The number of carboxylic acid groups (broad SMARTS) is 1. The van der Waals surface area contributed by atoms with Crippen LogP contribution < -0.4 is 5.32 Å². The van der Waals surface area contributed by atoms with E-state index in [4.69, 9.17) is 10.2 Å². The van der Waals surface area contributed by atoms with E-state index >= 15 is 0 Å². The Kier molecular flexibility index (Phi) is 4.98. The molecule has 0 fully saturated rings. The number of aromatic carboxylic acids is 1. The summed E-state index contributed by atoms with van der Waals surface area (Å²) in [6.07, 6.45) is 0.291. The Labute approximate surface area is 120 Å². The predicted octanol–water partition coefficient (Wildman–Crippen LogP) is 1.18. The van der Waals surface area contributed by atoms with Gasteiger partial charge in [0.15, 0.2) is 0 Å². The third-order valence-corrected chi connectivity index (χ3v) is 2.83. The number of aliphatic hydroxyl groups is 1. The molecule has 8 heteroatoms. The van der Waals surface area contributed by atoms with Gasteiger partial charge in [0.05, 0.1) is 10.5 Å². The normalized spacial score (nSPS) is 11.0. The molecule has 0 saturated heterocycles. The summed E-state index contributed by atoms with van der Waals surface area (Å²) in [5.41, 5.74) is -1.65. The van der Waals surface area contributed by atoms with Gasteiger partial charge in [0.25, 0.3) is 11.6 Å². The van der Waals surface area contributed by atoms with Gasteiger partial charge in [0.2, 0.25) is 0 Å². The van der Waals surface area contributed by atoms with Gasteiger partial charge in [-0.1, -0.05) is 0 Å². The number of nitro benzene ring substituents is 1. The number of carbonyl (C=O) groups excluding carboxylic acids is 1. The van der Waals surface area contributed by atoms with Crippen molar-refractivity contribution in [1.82, 2.24) is 5.32 Å². The molecule has 1 amide bonds. The fourth-order valence-electron chi connectivity index (χ4n) is 1.69. The minimum absolute atomic E-state index is 0.118. The molecule has 0 aliphatic heterocycles. The standard InChI is InChI=1S/C13H16N2O6/c1-13(2,3-4-16)14-11(17)8-5-9(12(18)19)7-10(6-8)15(20)21/h5-7,16H,3-4H2,1-2H3,(H,14,17)(H,18,19). The average Bonchev–Trinajstić information content (AvgIpc) is 2.37. The molecule has 0 radical (unpaired) electrons. The molecule has 0 spiro atoms. The van der Waals surface area contributed by atoms with Crippen LogP contribution in [-0.4, -0.2) is 39.2 Å². The van der Waals surface area contributed by atoms with Gasteiger partial charge in [-0.25, -0.2) is 4.79 Å². The van der Waals surface area contributed by atoms with Crippen LogP contribution in [0.25, 0.3) is 0 Å². The first kappa shape index (κ1) is 16.6. The van der Waals surface area contributed by atoms with Gasteiger partial charge in [-0.15, -0.1) is 0 Å². The lowest BCUT2D eigenvalue weighted by atomic mass is 10.00. The Morgan fingerprint density at radius 1 is 1.29 bits per heavy atom. The summed E-state index contributed by atoms with van der Waals surface area (Å²) < 4.78 is 0. The van der Waals surface area contributed by atoms with Crippen molar-refractivity contribution >= 4 is 17.6 Å². The van der Waals surface area contributed by atoms with Crippen molar-refractivity contribution in [2.45, 2.75) is 25.8 Å². The summed E-state index contributed by atoms with van der Waals surface area (Å²) in [7, 11) is 0. The number of aliphatic hydroxyl groups excluding tert-OH is 1. The summed E-state index contributed by atoms with van der Waals surface area (Å²) in [6.45, 7) is 3.22. The predicted molar refractivity (Wildman–Crippen MR) is 73.3 cm³/mol. The molecular formula is C13H16N2O6. The van der Waals surface area contributed by atoms with Crippen LogP contribution in [-0.2, 0) is 0 Å². The van der Waals surface area contributed by atoms with E-state index in [0.717, 1.165) is 18.2 Å². The number of non-ortho nitro benzene ring substituents is 1. The fraction of sp³-hybridized carbons (Fsp3) is 0.385. The van der Waals surface area contributed by atoms with Crippen molar-refractivity contribution in [2.24, 2.45) is 0 Å². The van der Waals surface area contributed by atoms with Crippen molar-refractivity contribution in [3.8, 4) is 0 Å². The van der Waals surface area contributed by atoms with Gasteiger partial charge in [-0.2, -0.15) is 0 Å². The Morgan fingerprint density at radius 2 is 1.86 bits per heavy atom. The first-order valence-electron chi connectivity index (χ1n) is 6.12. The van der Waals surface area contributed by atoms with Crippen LogP contribution in [0.5, 0.6) is 0 Å². The van der Waals surface area contributed by atoms with E-state index in [1.807, 2.05) is 0 Å². The number of hydrogen-bond acceptors (Lipinski definition) is 5. The second kappa shape index (κ2) is 6.31. The third-order valence-electron chi connectivity index (χ3n) is 2.83. The maximum Gasteiger partial charge on any atom is 0.335 e. The molecule has 0 bridgehead atoms.